The lowest BCUT2D eigenvalue weighted by Crippen LogP contribution is -2.66. The Bertz CT molecular complexity index is 582. The molecule has 0 aliphatic carbocycles. The van der Waals surface area contributed by atoms with E-state index in [0.717, 1.165) is 25.9 Å². The molecule has 2 nitrogen and oxygen atoms in total. The van der Waals surface area contributed by atoms with Crippen molar-refractivity contribution in [1.82, 2.24) is 0 Å². The Hall–Kier alpha value is -1.42. The van der Waals surface area contributed by atoms with Crippen LogP contribution in [0, 0.1) is 0 Å². The summed E-state index contributed by atoms with van der Waals surface area (Å²) in [6.45, 7) is 9.86. The normalized spacial score (nSPS) is 13.6. The molecule has 2 aromatic carbocycles. The van der Waals surface area contributed by atoms with Crippen LogP contribution < -0.4 is 16.1 Å². The van der Waals surface area contributed by atoms with Gasteiger partial charge in [-0.1, -0.05) is 88.4 Å². The first-order chi connectivity index (χ1) is 11.9. The first-order valence-electron chi connectivity index (χ1n) is 9.42. The van der Waals surface area contributed by atoms with Gasteiger partial charge in [-0.15, -0.1) is 0 Å². The minimum atomic E-state index is -2.37. The van der Waals surface area contributed by atoms with Crippen LogP contribution in [0.5, 0.6) is 0 Å². The van der Waals surface area contributed by atoms with Gasteiger partial charge in [-0.3, -0.25) is 0 Å². The highest BCUT2D eigenvalue weighted by molar-refractivity contribution is 6.99. The maximum atomic E-state index is 6.84. The third kappa shape index (κ3) is 4.60. The second-order valence-electron chi connectivity index (χ2n) is 7.82. The van der Waals surface area contributed by atoms with Crippen molar-refractivity contribution in [3.05, 3.63) is 60.7 Å². The molecule has 0 bridgehead atoms. The van der Waals surface area contributed by atoms with Crippen LogP contribution in [0.25, 0.3) is 0 Å². The van der Waals surface area contributed by atoms with Crippen LogP contribution in [-0.4, -0.2) is 21.0 Å². The Labute approximate surface area is 154 Å². The third-order valence-electron chi connectivity index (χ3n) is 4.98. The molecule has 0 fully saturated rings. The van der Waals surface area contributed by atoms with Crippen molar-refractivity contribution in [2.75, 3.05) is 6.61 Å². The predicted molar refractivity (Wildman–Crippen MR) is 111 cm³/mol. The summed E-state index contributed by atoms with van der Waals surface area (Å²) in [5, 5.41) is 2.73. The summed E-state index contributed by atoms with van der Waals surface area (Å²) in [6, 6.07) is 21.9. The zero-order chi connectivity index (χ0) is 18.3. The first kappa shape index (κ1) is 19.9. The molecule has 0 amide bonds. The second-order valence-corrected chi connectivity index (χ2v) is 12.1. The van der Waals surface area contributed by atoms with Gasteiger partial charge in [0.25, 0.3) is 8.32 Å². The van der Waals surface area contributed by atoms with E-state index in [-0.39, 0.29) is 11.1 Å². The fourth-order valence-corrected chi connectivity index (χ4v) is 8.14. The lowest BCUT2D eigenvalue weighted by Gasteiger charge is -2.43. The molecule has 0 heterocycles. The standard InChI is InChI=1S/C22H33NOSi/c1-5-19(23)13-12-18-24-25(22(2,3)4,20-14-8-6-9-15-20)21-16-10-7-11-17-21/h6-11,14-17,19H,5,12-13,18,23H2,1-4H3. The number of nitrogens with two attached hydrogens (primary N) is 1. The Morgan fingerprint density at radius 3 is 1.80 bits per heavy atom. The Kier molecular flexibility index (Phi) is 7.00. The molecule has 0 aliphatic rings. The summed E-state index contributed by atoms with van der Waals surface area (Å²) < 4.78 is 6.84. The highest BCUT2D eigenvalue weighted by Gasteiger charge is 2.49. The average molecular weight is 356 g/mol. The summed E-state index contributed by atoms with van der Waals surface area (Å²) in [5.41, 5.74) is 6.09. The van der Waals surface area contributed by atoms with Crippen LogP contribution in [0.15, 0.2) is 60.7 Å². The van der Waals surface area contributed by atoms with Crippen LogP contribution >= 0.6 is 0 Å². The van der Waals surface area contributed by atoms with E-state index in [9.17, 15) is 0 Å². The predicted octanol–water partition coefficient (Wildman–Crippen LogP) is 4.08. The van der Waals surface area contributed by atoms with Gasteiger partial charge in [-0.25, -0.2) is 0 Å². The largest absolute Gasteiger partial charge is 0.407 e. The van der Waals surface area contributed by atoms with Gasteiger partial charge in [-0.2, -0.15) is 0 Å². The molecular weight excluding hydrogens is 322 g/mol. The quantitative estimate of drug-likeness (QED) is 0.572. The summed E-state index contributed by atoms with van der Waals surface area (Å²) in [4.78, 5) is 0. The Morgan fingerprint density at radius 1 is 0.920 bits per heavy atom. The topological polar surface area (TPSA) is 35.2 Å². The van der Waals surface area contributed by atoms with Gasteiger partial charge in [0.05, 0.1) is 0 Å². The van der Waals surface area contributed by atoms with Gasteiger partial charge >= 0.3 is 0 Å². The maximum Gasteiger partial charge on any atom is 0.261 e. The molecule has 3 heteroatoms. The van der Waals surface area contributed by atoms with Crippen LogP contribution in [0.3, 0.4) is 0 Å². The molecule has 1 unspecified atom stereocenters. The van der Waals surface area contributed by atoms with Crippen molar-refractivity contribution in [3.8, 4) is 0 Å². The number of benzene rings is 2. The average Bonchev–Trinajstić information content (AvgIpc) is 2.62. The van der Waals surface area contributed by atoms with E-state index >= 15 is 0 Å². The molecule has 1 atom stereocenters. The minimum Gasteiger partial charge on any atom is -0.407 e. The minimum absolute atomic E-state index is 0.0442. The molecule has 0 spiro atoms. The fraction of sp³-hybridized carbons (Fsp3) is 0.455. The molecule has 0 saturated heterocycles. The molecule has 2 aromatic rings. The van der Waals surface area contributed by atoms with Crippen molar-refractivity contribution >= 4 is 18.7 Å². The summed E-state index contributed by atoms with van der Waals surface area (Å²) in [5.74, 6) is 0. The SMILES string of the molecule is CCC(N)CCCO[Si](c1ccccc1)(c1ccccc1)C(C)(C)C. The summed E-state index contributed by atoms with van der Waals surface area (Å²) >= 11 is 0. The van der Waals surface area contributed by atoms with Gasteiger partial charge in [0, 0.05) is 12.6 Å². The smallest absolute Gasteiger partial charge is 0.261 e. The molecule has 0 radical (unpaired) electrons. The van der Waals surface area contributed by atoms with Crippen molar-refractivity contribution in [1.29, 1.82) is 0 Å². The van der Waals surface area contributed by atoms with Gasteiger partial charge in [-0.05, 0) is 34.7 Å². The molecule has 0 aliphatic heterocycles. The van der Waals surface area contributed by atoms with E-state index in [0.29, 0.717) is 0 Å². The van der Waals surface area contributed by atoms with Crippen LogP contribution in [0.1, 0.15) is 47.0 Å². The van der Waals surface area contributed by atoms with E-state index in [1.807, 2.05) is 0 Å². The summed E-state index contributed by atoms with van der Waals surface area (Å²) in [6.07, 6.45) is 3.06. The van der Waals surface area contributed by atoms with Crippen LogP contribution in [-0.2, 0) is 4.43 Å². The molecule has 0 saturated carbocycles. The molecule has 2 N–H and O–H groups in total. The number of hydrogen-bond acceptors (Lipinski definition) is 2. The monoisotopic (exact) mass is 355 g/mol. The van der Waals surface area contributed by atoms with E-state index in [1.54, 1.807) is 0 Å². The zero-order valence-corrected chi connectivity index (χ0v) is 17.2. The van der Waals surface area contributed by atoms with Crippen molar-refractivity contribution < 1.29 is 4.43 Å². The molecule has 25 heavy (non-hydrogen) atoms. The van der Waals surface area contributed by atoms with Crippen molar-refractivity contribution in [3.63, 3.8) is 0 Å². The summed E-state index contributed by atoms with van der Waals surface area (Å²) in [7, 11) is -2.37. The highest BCUT2D eigenvalue weighted by Crippen LogP contribution is 2.36. The lowest BCUT2D eigenvalue weighted by molar-refractivity contribution is 0.283. The van der Waals surface area contributed by atoms with Crippen molar-refractivity contribution in [2.24, 2.45) is 5.73 Å². The van der Waals surface area contributed by atoms with Gasteiger partial charge in [0.15, 0.2) is 0 Å². The number of rotatable bonds is 8. The molecule has 136 valence electrons. The van der Waals surface area contributed by atoms with Crippen LogP contribution in [0.2, 0.25) is 5.04 Å². The van der Waals surface area contributed by atoms with Crippen molar-refractivity contribution in [2.45, 2.75) is 58.0 Å². The zero-order valence-electron chi connectivity index (χ0n) is 16.2. The van der Waals surface area contributed by atoms with E-state index in [1.165, 1.54) is 10.4 Å². The van der Waals surface area contributed by atoms with Gasteiger partial charge in [0.2, 0.25) is 0 Å². The third-order valence-corrected chi connectivity index (χ3v) is 10.0. The van der Waals surface area contributed by atoms with Gasteiger partial charge in [0.1, 0.15) is 0 Å². The van der Waals surface area contributed by atoms with E-state index in [2.05, 4.69) is 88.4 Å². The van der Waals surface area contributed by atoms with E-state index < -0.39 is 8.32 Å². The molecule has 0 aromatic heterocycles. The van der Waals surface area contributed by atoms with Crippen LogP contribution in [0.4, 0.5) is 0 Å². The lowest BCUT2D eigenvalue weighted by atomic mass is 10.1. The Morgan fingerprint density at radius 2 is 1.40 bits per heavy atom. The van der Waals surface area contributed by atoms with E-state index in [4.69, 9.17) is 10.2 Å². The first-order valence-corrected chi connectivity index (χ1v) is 11.3. The fourth-order valence-electron chi connectivity index (χ4n) is 3.54. The number of hydrogen-bond donors (Lipinski definition) is 1. The molecular formula is C22H33NOSi. The maximum absolute atomic E-state index is 6.84. The highest BCUT2D eigenvalue weighted by atomic mass is 28.4. The molecule has 2 rings (SSSR count). The second kappa shape index (κ2) is 8.79. The van der Waals surface area contributed by atoms with Gasteiger partial charge < -0.3 is 10.2 Å². The Balaban J connectivity index is 2.39.